The average molecular weight is 256 g/mol. The number of fused-ring (bicyclic) bond motifs is 1. The second-order valence-corrected chi connectivity index (χ2v) is 5.65. The number of allylic oxidation sites excluding steroid dienone is 2. The van der Waals surface area contributed by atoms with Crippen molar-refractivity contribution in [2.45, 2.75) is 11.8 Å². The molecular weight excluding hydrogens is 240 g/mol. The Hall–Kier alpha value is -2.26. The lowest BCUT2D eigenvalue weighted by atomic mass is 9.89. The van der Waals surface area contributed by atoms with E-state index in [0.29, 0.717) is 11.8 Å². The van der Waals surface area contributed by atoms with Crippen LogP contribution < -0.4 is 0 Å². The zero-order chi connectivity index (χ0) is 13.4. The van der Waals surface area contributed by atoms with Gasteiger partial charge in [-0.05, 0) is 30.0 Å². The van der Waals surface area contributed by atoms with E-state index in [1.54, 1.807) is 0 Å². The van der Waals surface area contributed by atoms with Gasteiger partial charge in [0.15, 0.2) is 0 Å². The topological polar surface area (TPSA) is 0 Å². The van der Waals surface area contributed by atoms with Crippen LogP contribution in [0, 0.1) is 23.7 Å². The van der Waals surface area contributed by atoms with Crippen LogP contribution in [0.4, 0.5) is 0 Å². The fourth-order valence-corrected chi connectivity index (χ4v) is 3.54. The van der Waals surface area contributed by atoms with Crippen molar-refractivity contribution in [3.05, 3.63) is 83.9 Å². The summed E-state index contributed by atoms with van der Waals surface area (Å²) in [7, 11) is 0. The van der Waals surface area contributed by atoms with E-state index in [4.69, 9.17) is 0 Å². The molecule has 3 atom stereocenters. The molecule has 96 valence electrons. The second-order valence-electron chi connectivity index (χ2n) is 5.65. The Balaban J connectivity index is 1.76. The van der Waals surface area contributed by atoms with Gasteiger partial charge in [0.2, 0.25) is 0 Å². The van der Waals surface area contributed by atoms with E-state index in [1.807, 2.05) is 18.2 Å². The van der Waals surface area contributed by atoms with Crippen LogP contribution in [-0.2, 0) is 5.41 Å². The molecule has 0 aromatic heterocycles. The maximum absolute atomic E-state index is 3.60. The quantitative estimate of drug-likeness (QED) is 0.530. The monoisotopic (exact) mass is 256 g/mol. The first-order chi connectivity index (χ1) is 9.91. The summed E-state index contributed by atoms with van der Waals surface area (Å²) in [4.78, 5) is 0. The van der Waals surface area contributed by atoms with Crippen LogP contribution in [0.2, 0.25) is 0 Å². The summed E-state index contributed by atoms with van der Waals surface area (Å²) in [5, 5.41) is 0. The van der Waals surface area contributed by atoms with Gasteiger partial charge in [0.1, 0.15) is 0 Å². The molecule has 0 N–H and O–H groups in total. The van der Waals surface area contributed by atoms with Crippen LogP contribution >= 0.6 is 0 Å². The van der Waals surface area contributed by atoms with Gasteiger partial charge in [-0.1, -0.05) is 72.5 Å². The van der Waals surface area contributed by atoms with Crippen LogP contribution in [0.15, 0.2) is 72.8 Å². The normalized spacial score (nSPS) is 29.4. The molecule has 0 bridgehead atoms. The minimum Gasteiger partial charge on any atom is -0.0878 e. The van der Waals surface area contributed by atoms with Gasteiger partial charge in [-0.25, -0.2) is 0 Å². The predicted octanol–water partition coefficient (Wildman–Crippen LogP) is 4.18. The number of benzene rings is 2. The highest BCUT2D eigenvalue weighted by Gasteiger charge is 2.64. The van der Waals surface area contributed by atoms with Crippen molar-refractivity contribution < 1.29 is 0 Å². The maximum Gasteiger partial charge on any atom is 0.0669 e. The Labute approximate surface area is 120 Å². The molecular formula is C20H16. The van der Waals surface area contributed by atoms with Crippen molar-refractivity contribution in [3.63, 3.8) is 0 Å². The average Bonchev–Trinajstić information content (AvgIpc) is 2.88. The minimum atomic E-state index is 0.0614. The first-order valence-electron chi connectivity index (χ1n) is 7.22. The molecule has 4 rings (SSSR count). The van der Waals surface area contributed by atoms with Crippen LogP contribution in [0.1, 0.15) is 17.5 Å². The van der Waals surface area contributed by atoms with Crippen LogP contribution in [0.25, 0.3) is 0 Å². The van der Waals surface area contributed by atoms with Crippen LogP contribution in [-0.4, -0.2) is 0 Å². The van der Waals surface area contributed by atoms with Gasteiger partial charge in [0.05, 0.1) is 5.41 Å². The Morgan fingerprint density at radius 2 is 1.60 bits per heavy atom. The smallest absolute Gasteiger partial charge is 0.0669 e. The van der Waals surface area contributed by atoms with Gasteiger partial charge in [-0.15, -0.1) is 0 Å². The summed E-state index contributed by atoms with van der Waals surface area (Å²) in [6.07, 6.45) is 5.83. The van der Waals surface area contributed by atoms with Gasteiger partial charge in [-0.2, -0.15) is 0 Å². The highest BCUT2D eigenvalue weighted by Crippen LogP contribution is 2.64. The number of rotatable bonds is 1. The van der Waals surface area contributed by atoms with E-state index in [9.17, 15) is 0 Å². The van der Waals surface area contributed by atoms with Crippen molar-refractivity contribution in [1.29, 1.82) is 0 Å². The zero-order valence-corrected chi connectivity index (χ0v) is 11.3. The lowest BCUT2D eigenvalue weighted by molar-refractivity contribution is 0.744. The molecule has 1 fully saturated rings. The molecule has 0 spiro atoms. The third kappa shape index (κ3) is 1.63. The summed E-state index contributed by atoms with van der Waals surface area (Å²) in [5.41, 5.74) is 2.55. The van der Waals surface area contributed by atoms with Crippen molar-refractivity contribution in [2.75, 3.05) is 0 Å². The summed E-state index contributed by atoms with van der Waals surface area (Å²) >= 11 is 0. The third-order valence-electron chi connectivity index (χ3n) is 4.61. The lowest BCUT2D eigenvalue weighted by Gasteiger charge is -2.12. The highest BCUT2D eigenvalue weighted by atomic mass is 14.6. The molecule has 2 aliphatic carbocycles. The molecule has 0 heteroatoms. The minimum absolute atomic E-state index is 0.0614. The fourth-order valence-electron chi connectivity index (χ4n) is 3.54. The van der Waals surface area contributed by atoms with Gasteiger partial charge in [0.25, 0.3) is 0 Å². The van der Waals surface area contributed by atoms with Gasteiger partial charge < -0.3 is 0 Å². The summed E-state index contributed by atoms with van der Waals surface area (Å²) in [5.74, 6) is 8.29. The maximum atomic E-state index is 3.60. The van der Waals surface area contributed by atoms with Crippen LogP contribution in [0.3, 0.4) is 0 Å². The third-order valence-corrected chi connectivity index (χ3v) is 4.61. The van der Waals surface area contributed by atoms with E-state index >= 15 is 0 Å². The van der Waals surface area contributed by atoms with Crippen molar-refractivity contribution in [2.24, 2.45) is 11.8 Å². The predicted molar refractivity (Wildman–Crippen MR) is 82.2 cm³/mol. The first kappa shape index (κ1) is 11.6. The van der Waals surface area contributed by atoms with Crippen molar-refractivity contribution in [3.8, 4) is 11.8 Å². The molecule has 0 amide bonds. The molecule has 2 aliphatic rings. The molecule has 0 aliphatic heterocycles. The van der Waals surface area contributed by atoms with Gasteiger partial charge in [0, 0.05) is 11.5 Å². The van der Waals surface area contributed by atoms with E-state index < -0.39 is 0 Å². The molecule has 0 saturated heterocycles. The van der Waals surface area contributed by atoms with E-state index in [0.717, 1.165) is 5.56 Å². The number of hydrogen-bond acceptors (Lipinski definition) is 0. The highest BCUT2D eigenvalue weighted by molar-refractivity contribution is 5.53. The molecule has 1 saturated carbocycles. The zero-order valence-electron chi connectivity index (χ0n) is 11.3. The standard InChI is InChI=1S/C20H16/c1-3-8-16(9-4-1)14-15-20(17-10-5-2-6-11-17)18-12-7-13-19(18)20/h1-12,18-19H,13H2. The summed E-state index contributed by atoms with van der Waals surface area (Å²) in [6.45, 7) is 0. The molecule has 20 heavy (non-hydrogen) atoms. The molecule has 2 aromatic carbocycles. The van der Waals surface area contributed by atoms with Gasteiger partial charge >= 0.3 is 0 Å². The van der Waals surface area contributed by atoms with Crippen molar-refractivity contribution in [1.82, 2.24) is 0 Å². The fraction of sp³-hybridized carbons (Fsp3) is 0.200. The molecule has 3 unspecified atom stereocenters. The Bertz CT molecular complexity index is 700. The van der Waals surface area contributed by atoms with E-state index in [1.165, 1.54) is 12.0 Å². The SMILES string of the molecule is C(#CC1(c2ccccc2)C2C=CCC21)c1ccccc1. The van der Waals surface area contributed by atoms with E-state index in [2.05, 4.69) is 66.5 Å². The Morgan fingerprint density at radius 3 is 2.25 bits per heavy atom. The molecule has 0 heterocycles. The summed E-state index contributed by atoms with van der Waals surface area (Å²) in [6, 6.07) is 21.1. The number of hydrogen-bond donors (Lipinski definition) is 0. The Kier molecular flexibility index (Phi) is 2.54. The molecule has 2 aromatic rings. The second kappa shape index (κ2) is 4.39. The lowest BCUT2D eigenvalue weighted by Crippen LogP contribution is -2.10. The summed E-state index contributed by atoms with van der Waals surface area (Å²) < 4.78 is 0. The largest absolute Gasteiger partial charge is 0.0878 e. The van der Waals surface area contributed by atoms with Gasteiger partial charge in [-0.3, -0.25) is 0 Å². The first-order valence-corrected chi connectivity index (χ1v) is 7.22. The molecule has 0 radical (unpaired) electrons. The van der Waals surface area contributed by atoms with E-state index in [-0.39, 0.29) is 5.41 Å². The molecule has 0 nitrogen and oxygen atoms in total. The van der Waals surface area contributed by atoms with Crippen LogP contribution in [0.5, 0.6) is 0 Å². The van der Waals surface area contributed by atoms with Crippen molar-refractivity contribution >= 4 is 0 Å². The Morgan fingerprint density at radius 1 is 0.900 bits per heavy atom.